The van der Waals surface area contributed by atoms with Gasteiger partial charge in [0.05, 0.1) is 25.5 Å². The van der Waals surface area contributed by atoms with E-state index in [-0.39, 0.29) is 22.8 Å². The Hall–Kier alpha value is -4.92. The predicted octanol–water partition coefficient (Wildman–Crippen LogP) is 3.59. The fourth-order valence-corrected chi connectivity index (χ4v) is 3.38. The Morgan fingerprint density at radius 2 is 1.57 bits per heavy atom. The molecule has 0 spiro atoms. The fraction of sp³-hybridized carbons (Fsp3) is 0.0769. The van der Waals surface area contributed by atoms with Crippen molar-refractivity contribution in [3.05, 3.63) is 89.5 Å². The highest BCUT2D eigenvalue weighted by molar-refractivity contribution is 6.39. The molecule has 9 heteroatoms. The number of hydrogen-bond acceptors (Lipinski definition) is 7. The molecule has 0 saturated carbocycles. The Morgan fingerprint density at radius 1 is 0.857 bits per heavy atom. The van der Waals surface area contributed by atoms with Gasteiger partial charge in [0.25, 0.3) is 11.8 Å². The molecule has 4 amide bonds. The number of carbonyl (C=O) groups excluding carboxylic acids is 4. The summed E-state index contributed by atoms with van der Waals surface area (Å²) in [6.45, 7) is 0. The van der Waals surface area contributed by atoms with Crippen LogP contribution in [-0.2, 0) is 9.59 Å². The maximum absolute atomic E-state index is 13.1. The van der Waals surface area contributed by atoms with E-state index in [1.165, 1.54) is 44.6 Å². The molecule has 9 nitrogen and oxygen atoms in total. The molecule has 1 heterocycles. The number of nitrogens with zero attached hydrogens (tertiary/aromatic N) is 1. The van der Waals surface area contributed by atoms with Gasteiger partial charge in [-0.2, -0.15) is 0 Å². The van der Waals surface area contributed by atoms with Crippen LogP contribution in [0.15, 0.2) is 78.4 Å². The summed E-state index contributed by atoms with van der Waals surface area (Å²) in [5, 5.41) is 2.17. The molecule has 0 bridgehead atoms. The second-order valence-corrected chi connectivity index (χ2v) is 7.32. The molecule has 35 heavy (non-hydrogen) atoms. The van der Waals surface area contributed by atoms with Crippen molar-refractivity contribution < 1.29 is 33.4 Å². The molecule has 0 radical (unpaired) electrons. The van der Waals surface area contributed by atoms with Crippen molar-refractivity contribution in [2.24, 2.45) is 0 Å². The van der Waals surface area contributed by atoms with E-state index in [0.717, 1.165) is 4.90 Å². The highest BCUT2D eigenvalue weighted by Crippen LogP contribution is 2.31. The molecule has 0 aliphatic carbocycles. The Morgan fingerprint density at radius 3 is 2.23 bits per heavy atom. The molecular formula is C26H20N2O7. The van der Waals surface area contributed by atoms with Crippen molar-refractivity contribution in [3.8, 4) is 17.2 Å². The first-order chi connectivity index (χ1) is 16.9. The molecule has 1 saturated heterocycles. The summed E-state index contributed by atoms with van der Waals surface area (Å²) in [7, 11) is 2.89. The van der Waals surface area contributed by atoms with Gasteiger partial charge in [0.15, 0.2) is 11.5 Å². The van der Waals surface area contributed by atoms with Gasteiger partial charge in [0.2, 0.25) is 0 Å². The van der Waals surface area contributed by atoms with Gasteiger partial charge in [-0.05, 0) is 60.2 Å². The normalized spacial score (nSPS) is 14.5. The number of carbonyl (C=O) groups is 4. The molecule has 176 valence electrons. The second kappa shape index (κ2) is 9.92. The maximum Gasteiger partial charge on any atom is 0.343 e. The summed E-state index contributed by atoms with van der Waals surface area (Å²) in [5.74, 6) is -1.25. The van der Waals surface area contributed by atoms with E-state index in [1.807, 2.05) is 0 Å². The number of barbiturate groups is 1. The largest absolute Gasteiger partial charge is 0.497 e. The number of ether oxygens (including phenoxy) is 3. The minimum atomic E-state index is -0.858. The number of hydrogen-bond donors (Lipinski definition) is 1. The van der Waals surface area contributed by atoms with Crippen LogP contribution in [0.4, 0.5) is 10.5 Å². The molecular weight excluding hydrogens is 452 g/mol. The highest BCUT2D eigenvalue weighted by Gasteiger charge is 2.36. The van der Waals surface area contributed by atoms with Crippen LogP contribution in [0.2, 0.25) is 0 Å². The van der Waals surface area contributed by atoms with Gasteiger partial charge in [-0.1, -0.05) is 24.3 Å². The minimum absolute atomic E-state index is 0.165. The summed E-state index contributed by atoms with van der Waals surface area (Å²) in [5.41, 5.74) is 0.807. The molecule has 1 aliphatic rings. The van der Waals surface area contributed by atoms with Crippen molar-refractivity contribution >= 4 is 35.6 Å². The van der Waals surface area contributed by atoms with E-state index in [9.17, 15) is 19.2 Å². The number of esters is 1. The SMILES string of the molecule is COc1ccc(N2C(=O)NC(=O)/C(=C\c3ccc(OC(=O)c4ccccc4)c(OC)c3)C2=O)cc1. The monoisotopic (exact) mass is 472 g/mol. The van der Waals surface area contributed by atoms with Crippen LogP contribution in [0.1, 0.15) is 15.9 Å². The molecule has 1 aliphatic heterocycles. The smallest absolute Gasteiger partial charge is 0.343 e. The lowest BCUT2D eigenvalue weighted by atomic mass is 10.1. The van der Waals surface area contributed by atoms with Crippen molar-refractivity contribution in [3.63, 3.8) is 0 Å². The number of nitrogens with one attached hydrogen (secondary N) is 1. The first-order valence-corrected chi connectivity index (χ1v) is 10.4. The van der Waals surface area contributed by atoms with Crippen LogP contribution in [0.3, 0.4) is 0 Å². The molecule has 0 unspecified atom stereocenters. The van der Waals surface area contributed by atoms with Crippen LogP contribution >= 0.6 is 0 Å². The van der Waals surface area contributed by atoms with Crippen LogP contribution in [0, 0.1) is 0 Å². The molecule has 1 fully saturated rings. The van der Waals surface area contributed by atoms with Crippen LogP contribution in [0.25, 0.3) is 6.08 Å². The summed E-state index contributed by atoms with van der Waals surface area (Å²) < 4.78 is 15.8. The van der Waals surface area contributed by atoms with Crippen LogP contribution in [-0.4, -0.2) is 38.0 Å². The highest BCUT2D eigenvalue weighted by atomic mass is 16.6. The Labute approximate surface area is 200 Å². The van der Waals surface area contributed by atoms with Crippen molar-refractivity contribution in [2.75, 3.05) is 19.1 Å². The molecule has 1 N–H and O–H groups in total. The van der Waals surface area contributed by atoms with Gasteiger partial charge in [-0.15, -0.1) is 0 Å². The summed E-state index contributed by atoms with van der Waals surface area (Å²) in [6.07, 6.45) is 1.33. The summed E-state index contributed by atoms with van der Waals surface area (Å²) in [4.78, 5) is 51.1. The minimum Gasteiger partial charge on any atom is -0.497 e. The van der Waals surface area contributed by atoms with Gasteiger partial charge in [0, 0.05) is 0 Å². The number of urea groups is 1. The van der Waals surface area contributed by atoms with Crippen molar-refractivity contribution in [2.45, 2.75) is 0 Å². The van der Waals surface area contributed by atoms with E-state index in [1.54, 1.807) is 48.5 Å². The van der Waals surface area contributed by atoms with Gasteiger partial charge in [-0.3, -0.25) is 14.9 Å². The van der Waals surface area contributed by atoms with Crippen molar-refractivity contribution in [1.82, 2.24) is 5.32 Å². The molecule has 0 aromatic heterocycles. The Balaban J connectivity index is 1.61. The predicted molar refractivity (Wildman–Crippen MR) is 126 cm³/mol. The van der Waals surface area contributed by atoms with E-state index in [4.69, 9.17) is 14.2 Å². The third-order valence-corrected chi connectivity index (χ3v) is 5.14. The molecule has 0 atom stereocenters. The maximum atomic E-state index is 13.1. The Bertz CT molecular complexity index is 1330. The topological polar surface area (TPSA) is 111 Å². The Kier molecular flexibility index (Phi) is 6.59. The number of anilines is 1. The van der Waals surface area contributed by atoms with E-state index < -0.39 is 23.8 Å². The number of methoxy groups -OCH3 is 2. The third kappa shape index (κ3) is 4.88. The number of imide groups is 2. The fourth-order valence-electron chi connectivity index (χ4n) is 3.38. The average Bonchev–Trinajstić information content (AvgIpc) is 2.88. The number of amides is 4. The number of benzene rings is 3. The summed E-state index contributed by atoms with van der Waals surface area (Å²) in [6, 6.07) is 18.4. The lowest BCUT2D eigenvalue weighted by Gasteiger charge is -2.26. The van der Waals surface area contributed by atoms with Gasteiger partial charge in [-0.25, -0.2) is 14.5 Å². The van der Waals surface area contributed by atoms with Crippen molar-refractivity contribution in [1.29, 1.82) is 0 Å². The van der Waals surface area contributed by atoms with Gasteiger partial charge >= 0.3 is 12.0 Å². The first-order valence-electron chi connectivity index (χ1n) is 10.4. The van der Waals surface area contributed by atoms with E-state index in [0.29, 0.717) is 16.9 Å². The molecule has 3 aromatic rings. The lowest BCUT2D eigenvalue weighted by molar-refractivity contribution is -0.122. The second-order valence-electron chi connectivity index (χ2n) is 7.32. The molecule has 3 aromatic carbocycles. The third-order valence-electron chi connectivity index (χ3n) is 5.14. The number of rotatable bonds is 6. The first kappa shape index (κ1) is 23.2. The quantitative estimate of drug-likeness (QED) is 0.253. The standard InChI is InChI=1S/C26H20N2O7/c1-33-19-11-9-18(10-12-19)28-24(30)20(23(29)27-26(28)32)14-16-8-13-21(22(15-16)34-2)35-25(31)17-6-4-3-5-7-17/h3-15H,1-2H3,(H,27,29,32)/b20-14+. The van der Waals surface area contributed by atoms with Gasteiger partial charge in [0.1, 0.15) is 11.3 Å². The zero-order valence-corrected chi connectivity index (χ0v) is 18.8. The summed E-state index contributed by atoms with van der Waals surface area (Å²) >= 11 is 0. The van der Waals surface area contributed by atoms with Crippen LogP contribution < -0.4 is 24.4 Å². The van der Waals surface area contributed by atoms with E-state index >= 15 is 0 Å². The lowest BCUT2D eigenvalue weighted by Crippen LogP contribution is -2.54. The van der Waals surface area contributed by atoms with Crippen LogP contribution in [0.5, 0.6) is 17.2 Å². The average molecular weight is 472 g/mol. The molecule has 4 rings (SSSR count). The zero-order chi connectivity index (χ0) is 24.9. The zero-order valence-electron chi connectivity index (χ0n) is 18.8. The van der Waals surface area contributed by atoms with E-state index in [2.05, 4.69) is 5.32 Å². The van der Waals surface area contributed by atoms with Gasteiger partial charge < -0.3 is 14.2 Å².